The zero-order valence-corrected chi connectivity index (χ0v) is 14.6. The molecule has 0 radical (unpaired) electrons. The predicted molar refractivity (Wildman–Crippen MR) is 91.0 cm³/mol. The van der Waals surface area contributed by atoms with Crippen LogP contribution in [0.4, 0.5) is 9.93 Å². The zero-order chi connectivity index (χ0) is 16.9. The summed E-state index contributed by atoms with van der Waals surface area (Å²) in [4.78, 5) is 23.5. The SMILES string of the molecule is CC(Sc1nnc(NCc2ccco2)s1)C(=O)NC(=O)NC1CC1. The highest BCUT2D eigenvalue weighted by atomic mass is 32.2. The van der Waals surface area contributed by atoms with E-state index in [9.17, 15) is 9.59 Å². The van der Waals surface area contributed by atoms with E-state index in [4.69, 9.17) is 4.42 Å². The summed E-state index contributed by atoms with van der Waals surface area (Å²) < 4.78 is 5.88. The number of anilines is 1. The van der Waals surface area contributed by atoms with Crippen molar-refractivity contribution in [2.75, 3.05) is 5.32 Å². The molecule has 1 aliphatic carbocycles. The van der Waals surface area contributed by atoms with Crippen molar-refractivity contribution in [3.8, 4) is 0 Å². The summed E-state index contributed by atoms with van der Waals surface area (Å²) >= 11 is 2.61. The van der Waals surface area contributed by atoms with Crippen LogP contribution in [-0.4, -0.2) is 33.4 Å². The molecule has 3 amide bonds. The average Bonchev–Trinajstić information content (AvgIpc) is 3.02. The second-order valence-electron chi connectivity index (χ2n) is 5.30. The van der Waals surface area contributed by atoms with Crippen LogP contribution in [0.3, 0.4) is 0 Å². The van der Waals surface area contributed by atoms with E-state index in [0.717, 1.165) is 18.6 Å². The number of imide groups is 1. The van der Waals surface area contributed by atoms with Crippen molar-refractivity contribution in [3.63, 3.8) is 0 Å². The van der Waals surface area contributed by atoms with E-state index in [1.165, 1.54) is 23.1 Å². The van der Waals surface area contributed by atoms with Gasteiger partial charge in [-0.1, -0.05) is 23.1 Å². The first-order valence-electron chi connectivity index (χ1n) is 7.48. The minimum absolute atomic E-state index is 0.215. The van der Waals surface area contributed by atoms with Crippen LogP contribution >= 0.6 is 23.1 Å². The Hall–Kier alpha value is -2.07. The fraction of sp³-hybridized carbons (Fsp3) is 0.429. The molecule has 0 aliphatic heterocycles. The molecule has 1 aliphatic rings. The van der Waals surface area contributed by atoms with Gasteiger partial charge in [0.2, 0.25) is 11.0 Å². The number of furan rings is 1. The number of carbonyl (C=O) groups is 2. The van der Waals surface area contributed by atoms with E-state index in [-0.39, 0.29) is 11.9 Å². The minimum Gasteiger partial charge on any atom is -0.467 e. The van der Waals surface area contributed by atoms with Crippen molar-refractivity contribution in [2.24, 2.45) is 0 Å². The Kier molecular flexibility index (Phi) is 5.36. The number of aromatic nitrogens is 2. The molecule has 10 heteroatoms. The van der Waals surface area contributed by atoms with Crippen molar-refractivity contribution in [1.29, 1.82) is 0 Å². The van der Waals surface area contributed by atoms with E-state index in [0.29, 0.717) is 16.0 Å². The third kappa shape index (κ3) is 4.96. The third-order valence-electron chi connectivity index (χ3n) is 3.20. The van der Waals surface area contributed by atoms with Crippen LogP contribution in [0.1, 0.15) is 25.5 Å². The number of hydrogen-bond donors (Lipinski definition) is 3. The second-order valence-corrected chi connectivity index (χ2v) is 7.87. The van der Waals surface area contributed by atoms with Gasteiger partial charge < -0.3 is 15.1 Å². The standard InChI is InChI=1S/C14H17N5O3S2/c1-8(11(20)17-12(21)16-9-4-5-9)23-14-19-18-13(24-14)15-7-10-3-2-6-22-10/h2-3,6,8-9H,4-5,7H2,1H3,(H,15,18)(H2,16,17,20,21). The van der Waals surface area contributed by atoms with Gasteiger partial charge >= 0.3 is 6.03 Å². The summed E-state index contributed by atoms with van der Waals surface area (Å²) in [6.45, 7) is 2.24. The van der Waals surface area contributed by atoms with Gasteiger partial charge in [0.05, 0.1) is 18.1 Å². The molecular weight excluding hydrogens is 350 g/mol. The normalized spacial score (nSPS) is 14.9. The summed E-state index contributed by atoms with van der Waals surface area (Å²) in [6, 6.07) is 3.46. The van der Waals surface area contributed by atoms with Crippen LogP contribution in [0.15, 0.2) is 27.2 Å². The minimum atomic E-state index is -0.444. The number of rotatable bonds is 7. The number of amides is 3. The van der Waals surface area contributed by atoms with E-state index in [1.54, 1.807) is 13.2 Å². The molecule has 128 valence electrons. The molecule has 1 atom stereocenters. The largest absolute Gasteiger partial charge is 0.467 e. The molecule has 2 aromatic rings. The maximum atomic E-state index is 12.0. The lowest BCUT2D eigenvalue weighted by atomic mass is 10.4. The first-order chi connectivity index (χ1) is 11.6. The average molecular weight is 367 g/mol. The fourth-order valence-corrected chi connectivity index (χ4v) is 3.66. The van der Waals surface area contributed by atoms with Gasteiger partial charge in [-0.15, -0.1) is 10.2 Å². The lowest BCUT2D eigenvalue weighted by Crippen LogP contribution is -2.43. The van der Waals surface area contributed by atoms with Gasteiger partial charge in [0.25, 0.3) is 0 Å². The zero-order valence-electron chi connectivity index (χ0n) is 12.9. The summed E-state index contributed by atoms with van der Waals surface area (Å²) in [7, 11) is 0. The van der Waals surface area contributed by atoms with Crippen molar-refractivity contribution in [1.82, 2.24) is 20.8 Å². The Labute approximate surface area is 146 Å². The maximum absolute atomic E-state index is 12.0. The molecular formula is C14H17N5O3S2. The number of carbonyl (C=O) groups excluding carboxylic acids is 2. The Morgan fingerprint density at radius 1 is 1.46 bits per heavy atom. The molecule has 8 nitrogen and oxygen atoms in total. The first-order valence-corrected chi connectivity index (χ1v) is 9.17. The number of urea groups is 1. The molecule has 1 unspecified atom stereocenters. The van der Waals surface area contributed by atoms with Crippen molar-refractivity contribution >= 4 is 40.2 Å². The van der Waals surface area contributed by atoms with Crippen molar-refractivity contribution in [2.45, 2.75) is 41.9 Å². The molecule has 2 aromatic heterocycles. The van der Waals surface area contributed by atoms with Crippen LogP contribution < -0.4 is 16.0 Å². The highest BCUT2D eigenvalue weighted by Gasteiger charge is 2.25. The first kappa shape index (κ1) is 16.8. The highest BCUT2D eigenvalue weighted by Crippen LogP contribution is 2.29. The second kappa shape index (κ2) is 7.67. The van der Waals surface area contributed by atoms with Crippen molar-refractivity contribution < 1.29 is 14.0 Å². The number of nitrogens with zero attached hydrogens (tertiary/aromatic N) is 2. The molecule has 1 fully saturated rings. The monoisotopic (exact) mass is 367 g/mol. The van der Waals surface area contributed by atoms with Crippen LogP contribution in [0.5, 0.6) is 0 Å². The van der Waals surface area contributed by atoms with Crippen LogP contribution in [0.2, 0.25) is 0 Å². The quantitative estimate of drug-likeness (QED) is 0.644. The molecule has 3 N–H and O–H groups in total. The van der Waals surface area contributed by atoms with Gasteiger partial charge in [0.15, 0.2) is 4.34 Å². The molecule has 3 rings (SSSR count). The van der Waals surface area contributed by atoms with Crippen molar-refractivity contribution in [3.05, 3.63) is 24.2 Å². The predicted octanol–water partition coefficient (Wildman–Crippen LogP) is 2.21. The van der Waals surface area contributed by atoms with Gasteiger partial charge in [-0.3, -0.25) is 10.1 Å². The van der Waals surface area contributed by atoms with E-state index in [2.05, 4.69) is 26.1 Å². The lowest BCUT2D eigenvalue weighted by Gasteiger charge is -2.09. The van der Waals surface area contributed by atoms with Gasteiger partial charge in [-0.2, -0.15) is 0 Å². The molecule has 1 saturated carbocycles. The number of nitrogens with one attached hydrogen (secondary N) is 3. The lowest BCUT2D eigenvalue weighted by molar-refractivity contribution is -0.119. The topological polar surface area (TPSA) is 109 Å². The molecule has 0 aromatic carbocycles. The summed E-state index contributed by atoms with van der Waals surface area (Å²) in [5, 5.41) is 16.4. The molecule has 0 bridgehead atoms. The summed E-state index contributed by atoms with van der Waals surface area (Å²) in [5.74, 6) is 0.451. The van der Waals surface area contributed by atoms with Gasteiger partial charge in [0, 0.05) is 6.04 Å². The van der Waals surface area contributed by atoms with E-state index < -0.39 is 11.3 Å². The molecule has 0 saturated heterocycles. The van der Waals surface area contributed by atoms with E-state index in [1.807, 2.05) is 12.1 Å². The van der Waals surface area contributed by atoms with E-state index >= 15 is 0 Å². The van der Waals surface area contributed by atoms with Gasteiger partial charge in [-0.25, -0.2) is 4.79 Å². The molecule has 2 heterocycles. The highest BCUT2D eigenvalue weighted by molar-refractivity contribution is 8.02. The third-order valence-corrected chi connectivity index (χ3v) is 5.26. The Balaban J connectivity index is 1.44. The Morgan fingerprint density at radius 2 is 2.29 bits per heavy atom. The summed E-state index contributed by atoms with van der Waals surface area (Å²) in [6.07, 6.45) is 3.56. The maximum Gasteiger partial charge on any atom is 0.321 e. The summed E-state index contributed by atoms with van der Waals surface area (Å²) in [5.41, 5.74) is 0. The Bertz CT molecular complexity index is 699. The van der Waals surface area contributed by atoms with Gasteiger partial charge in [0.1, 0.15) is 5.76 Å². The molecule has 0 spiro atoms. The van der Waals surface area contributed by atoms with Gasteiger partial charge in [-0.05, 0) is 31.9 Å². The number of hydrogen-bond acceptors (Lipinski definition) is 8. The Morgan fingerprint density at radius 3 is 3.00 bits per heavy atom. The number of thioether (sulfide) groups is 1. The fourth-order valence-electron chi connectivity index (χ4n) is 1.77. The molecule has 24 heavy (non-hydrogen) atoms. The van der Waals surface area contributed by atoms with Crippen LogP contribution in [0.25, 0.3) is 0 Å². The van der Waals surface area contributed by atoms with Crippen LogP contribution in [0, 0.1) is 0 Å². The smallest absolute Gasteiger partial charge is 0.321 e. The van der Waals surface area contributed by atoms with Crippen LogP contribution in [-0.2, 0) is 11.3 Å².